The maximum absolute atomic E-state index is 12.2. The quantitative estimate of drug-likeness (QED) is 0.661. The van der Waals surface area contributed by atoms with E-state index in [1.54, 1.807) is 0 Å². The van der Waals surface area contributed by atoms with E-state index in [4.69, 9.17) is 23.2 Å². The van der Waals surface area contributed by atoms with Crippen molar-refractivity contribution in [2.24, 2.45) is 5.92 Å². The van der Waals surface area contributed by atoms with Gasteiger partial charge in [-0.15, -0.1) is 0 Å². The van der Waals surface area contributed by atoms with Crippen LogP contribution in [0.5, 0.6) is 0 Å². The zero-order valence-corrected chi connectivity index (χ0v) is 15.3. The third-order valence-corrected chi connectivity index (χ3v) is 5.57. The summed E-state index contributed by atoms with van der Waals surface area (Å²) in [6.45, 7) is 4.68. The summed E-state index contributed by atoms with van der Waals surface area (Å²) in [6.07, 6.45) is 2.87. The lowest BCUT2D eigenvalue weighted by Crippen LogP contribution is -2.25. The van der Waals surface area contributed by atoms with Gasteiger partial charge < -0.3 is 0 Å². The summed E-state index contributed by atoms with van der Waals surface area (Å²) < 4.78 is 27.6. The van der Waals surface area contributed by atoms with Crippen LogP contribution in [0.4, 0.5) is 0 Å². The predicted molar refractivity (Wildman–Crippen MR) is 88.0 cm³/mol. The molecule has 0 aromatic heterocycles. The molecule has 20 heavy (non-hydrogen) atoms. The molecule has 0 amide bonds. The van der Waals surface area contributed by atoms with Crippen LogP contribution >= 0.6 is 39.1 Å². The van der Waals surface area contributed by atoms with Gasteiger partial charge in [-0.25, -0.2) is 13.1 Å². The Morgan fingerprint density at radius 1 is 1.20 bits per heavy atom. The second kappa shape index (κ2) is 7.99. The Bertz CT molecular complexity index is 538. The van der Waals surface area contributed by atoms with Crippen molar-refractivity contribution in [3.63, 3.8) is 0 Å². The molecule has 0 spiro atoms. The minimum atomic E-state index is -3.67. The number of hydrogen-bond donors (Lipinski definition) is 1. The normalized spacial score (nSPS) is 12.1. The van der Waals surface area contributed by atoms with Gasteiger partial charge in [0.2, 0.25) is 10.0 Å². The molecule has 0 bridgehead atoms. The molecule has 0 aliphatic rings. The van der Waals surface area contributed by atoms with Crippen molar-refractivity contribution in [1.29, 1.82) is 0 Å². The number of sulfonamides is 1. The molecule has 1 aromatic rings. The summed E-state index contributed by atoms with van der Waals surface area (Å²) in [6, 6.07) is 3.03. The molecule has 0 fully saturated rings. The van der Waals surface area contributed by atoms with Crippen LogP contribution in [-0.4, -0.2) is 15.0 Å². The highest BCUT2D eigenvalue weighted by atomic mass is 79.9. The van der Waals surface area contributed by atoms with Gasteiger partial charge >= 0.3 is 0 Å². The van der Waals surface area contributed by atoms with Crippen LogP contribution in [0.1, 0.15) is 33.1 Å². The standard InChI is InChI=1S/C13H18BrCl2NO2S/c1-9(2)5-3-4-6-17-20(18,19)13-11(15)7-10(14)8-12(13)16/h7-9,17H,3-6H2,1-2H3. The van der Waals surface area contributed by atoms with Crippen LogP contribution < -0.4 is 4.72 Å². The van der Waals surface area contributed by atoms with E-state index in [-0.39, 0.29) is 14.9 Å². The van der Waals surface area contributed by atoms with Crippen molar-refractivity contribution < 1.29 is 8.42 Å². The average Bonchev–Trinajstić information content (AvgIpc) is 2.25. The maximum Gasteiger partial charge on any atom is 0.243 e. The van der Waals surface area contributed by atoms with E-state index in [1.807, 2.05) is 0 Å². The second-order valence-electron chi connectivity index (χ2n) is 4.99. The van der Waals surface area contributed by atoms with Crippen molar-refractivity contribution in [2.75, 3.05) is 6.54 Å². The molecule has 7 heteroatoms. The van der Waals surface area contributed by atoms with E-state index in [2.05, 4.69) is 34.5 Å². The van der Waals surface area contributed by atoms with Crippen LogP contribution in [0.25, 0.3) is 0 Å². The number of benzene rings is 1. The third kappa shape index (κ3) is 5.53. The number of hydrogen-bond acceptors (Lipinski definition) is 2. The molecule has 1 aromatic carbocycles. The van der Waals surface area contributed by atoms with Crippen molar-refractivity contribution in [2.45, 2.75) is 38.0 Å². The second-order valence-corrected chi connectivity index (χ2v) is 8.42. The molecular weight excluding hydrogens is 385 g/mol. The number of rotatable bonds is 7. The Kier molecular flexibility index (Phi) is 7.29. The van der Waals surface area contributed by atoms with Gasteiger partial charge in [-0.2, -0.15) is 0 Å². The van der Waals surface area contributed by atoms with Gasteiger partial charge in [-0.1, -0.05) is 65.8 Å². The van der Waals surface area contributed by atoms with Crippen molar-refractivity contribution in [1.82, 2.24) is 4.72 Å². The van der Waals surface area contributed by atoms with Gasteiger partial charge in [0.15, 0.2) is 0 Å². The molecule has 0 saturated carbocycles. The molecule has 0 atom stereocenters. The Hall–Kier alpha value is 0.190. The average molecular weight is 403 g/mol. The Balaban J connectivity index is 2.70. The van der Waals surface area contributed by atoms with Gasteiger partial charge in [0, 0.05) is 11.0 Å². The van der Waals surface area contributed by atoms with Crippen LogP contribution in [0.2, 0.25) is 10.0 Å². The van der Waals surface area contributed by atoms with Gasteiger partial charge in [-0.05, 0) is 24.5 Å². The molecule has 1 N–H and O–H groups in total. The number of nitrogens with one attached hydrogen (secondary N) is 1. The van der Waals surface area contributed by atoms with Gasteiger partial charge in [0.1, 0.15) is 4.90 Å². The minimum absolute atomic E-state index is 0.0621. The molecule has 0 saturated heterocycles. The van der Waals surface area contributed by atoms with E-state index in [0.717, 1.165) is 19.3 Å². The van der Waals surface area contributed by atoms with E-state index < -0.39 is 10.0 Å². The predicted octanol–water partition coefficient (Wildman–Crippen LogP) is 4.86. The molecule has 0 unspecified atom stereocenters. The van der Waals surface area contributed by atoms with Gasteiger partial charge in [-0.3, -0.25) is 0 Å². The van der Waals surface area contributed by atoms with Crippen LogP contribution in [0.3, 0.4) is 0 Å². The van der Waals surface area contributed by atoms with Gasteiger partial charge in [0.25, 0.3) is 0 Å². The molecular formula is C13H18BrCl2NO2S. The lowest BCUT2D eigenvalue weighted by molar-refractivity contribution is 0.530. The summed E-state index contributed by atoms with van der Waals surface area (Å²) in [5.74, 6) is 0.627. The molecule has 114 valence electrons. The summed E-state index contributed by atoms with van der Waals surface area (Å²) in [5.41, 5.74) is 0. The highest BCUT2D eigenvalue weighted by molar-refractivity contribution is 9.10. The van der Waals surface area contributed by atoms with Crippen LogP contribution in [0, 0.1) is 5.92 Å². The first-order valence-electron chi connectivity index (χ1n) is 6.38. The zero-order valence-electron chi connectivity index (χ0n) is 11.4. The fraction of sp³-hybridized carbons (Fsp3) is 0.538. The fourth-order valence-electron chi connectivity index (χ4n) is 1.74. The Labute approximate surface area is 139 Å². The Morgan fingerprint density at radius 3 is 2.25 bits per heavy atom. The van der Waals surface area contributed by atoms with Crippen molar-refractivity contribution >= 4 is 49.2 Å². The summed E-state index contributed by atoms with van der Waals surface area (Å²) in [7, 11) is -3.67. The summed E-state index contributed by atoms with van der Waals surface area (Å²) in [5, 5.41) is 0.220. The minimum Gasteiger partial charge on any atom is -0.211 e. The third-order valence-electron chi connectivity index (χ3n) is 2.73. The first-order valence-corrected chi connectivity index (χ1v) is 9.41. The molecule has 3 nitrogen and oxygen atoms in total. The highest BCUT2D eigenvalue weighted by Crippen LogP contribution is 2.32. The molecule has 0 aliphatic heterocycles. The molecule has 0 radical (unpaired) electrons. The van der Waals surface area contributed by atoms with Crippen LogP contribution in [0.15, 0.2) is 21.5 Å². The summed E-state index contributed by atoms with van der Waals surface area (Å²) in [4.78, 5) is -0.0621. The lowest BCUT2D eigenvalue weighted by Gasteiger charge is -2.11. The van der Waals surface area contributed by atoms with E-state index in [9.17, 15) is 8.42 Å². The lowest BCUT2D eigenvalue weighted by atomic mass is 10.1. The summed E-state index contributed by atoms with van der Waals surface area (Å²) >= 11 is 15.2. The highest BCUT2D eigenvalue weighted by Gasteiger charge is 2.21. The largest absolute Gasteiger partial charge is 0.243 e. The fourth-order valence-corrected chi connectivity index (χ4v) is 4.75. The van der Waals surface area contributed by atoms with Crippen molar-refractivity contribution in [3.8, 4) is 0 Å². The zero-order chi connectivity index (χ0) is 15.3. The van der Waals surface area contributed by atoms with Gasteiger partial charge in [0.05, 0.1) is 10.0 Å². The van der Waals surface area contributed by atoms with Crippen molar-refractivity contribution in [3.05, 3.63) is 26.7 Å². The SMILES string of the molecule is CC(C)CCCCNS(=O)(=O)c1c(Cl)cc(Br)cc1Cl. The van der Waals surface area contributed by atoms with E-state index in [1.165, 1.54) is 12.1 Å². The Morgan fingerprint density at radius 2 is 1.75 bits per heavy atom. The van der Waals surface area contributed by atoms with E-state index in [0.29, 0.717) is 16.9 Å². The molecule has 0 aliphatic carbocycles. The first kappa shape index (κ1) is 18.2. The first-order chi connectivity index (χ1) is 9.24. The van der Waals surface area contributed by atoms with Crippen LogP contribution in [-0.2, 0) is 10.0 Å². The topological polar surface area (TPSA) is 46.2 Å². The number of unbranched alkanes of at least 4 members (excludes halogenated alkanes) is 1. The number of halogens is 3. The maximum atomic E-state index is 12.2. The monoisotopic (exact) mass is 401 g/mol. The smallest absolute Gasteiger partial charge is 0.211 e. The molecule has 1 rings (SSSR count). The molecule has 0 heterocycles. The van der Waals surface area contributed by atoms with E-state index >= 15 is 0 Å².